The summed E-state index contributed by atoms with van der Waals surface area (Å²) in [6, 6.07) is 0. The Hall–Kier alpha value is 1.41. The molecule has 0 heterocycles. The van der Waals surface area contributed by atoms with E-state index in [-0.39, 0.29) is 69.9 Å². The maximum absolute atomic E-state index is 7.62. The second-order valence-electron chi connectivity index (χ2n) is 0.447. The van der Waals surface area contributed by atoms with E-state index >= 15 is 0 Å². The molecule has 0 spiro atoms. The second-order valence-corrected chi connectivity index (χ2v) is 0.447. The molecule has 0 bridgehead atoms. The van der Waals surface area contributed by atoms with E-state index in [0.29, 0.717) is 0 Å². The fraction of sp³-hybridized carbons (Fsp3) is 1.00. The summed E-state index contributed by atoms with van der Waals surface area (Å²) in [7, 11) is 0. The van der Waals surface area contributed by atoms with Crippen LogP contribution >= 0.6 is 37.2 Å². The third kappa shape index (κ3) is 52.4. The maximum Gasteiger partial charge on any atom is 0.0662 e. The van der Waals surface area contributed by atoms with Crippen molar-refractivity contribution in [3.63, 3.8) is 0 Å². The van der Waals surface area contributed by atoms with Crippen molar-refractivity contribution in [2.75, 3.05) is 13.2 Å². The van der Waals surface area contributed by atoms with E-state index < -0.39 is 0 Å². The van der Waals surface area contributed by atoms with Crippen LogP contribution in [0, 0.1) is 0 Å². The molecular formula is C2H9Cl3O2Ru. The monoisotopic (exact) mass is 272 g/mol. The number of halogens is 3. The maximum atomic E-state index is 7.62. The topological polar surface area (TPSA) is 40.5 Å². The van der Waals surface area contributed by atoms with Crippen LogP contribution in [0.1, 0.15) is 0 Å². The van der Waals surface area contributed by atoms with Crippen molar-refractivity contribution >= 4 is 37.2 Å². The van der Waals surface area contributed by atoms with Crippen molar-refractivity contribution in [2.24, 2.45) is 0 Å². The van der Waals surface area contributed by atoms with Crippen LogP contribution < -0.4 is 0 Å². The number of hydrogen-bond acceptors (Lipinski definition) is 2. The molecule has 2 nitrogen and oxygen atoms in total. The molecule has 0 unspecified atom stereocenters. The molecule has 0 aromatic heterocycles. The first kappa shape index (κ1) is 34.2. The molecule has 0 aliphatic heterocycles. The molecule has 0 aliphatic carbocycles. The molecule has 0 saturated heterocycles. The van der Waals surface area contributed by atoms with E-state index in [1.165, 1.54) is 0 Å². The largest absolute Gasteiger partial charge is 0.394 e. The van der Waals surface area contributed by atoms with Crippen molar-refractivity contribution in [1.82, 2.24) is 0 Å². The SMILES string of the molecule is Cl.Cl.Cl.OCCO.[Ru]. The first-order valence-electron chi connectivity index (χ1n) is 1.13. The van der Waals surface area contributed by atoms with Gasteiger partial charge < -0.3 is 10.2 Å². The molecule has 58 valence electrons. The van der Waals surface area contributed by atoms with Gasteiger partial charge in [-0.05, 0) is 0 Å². The van der Waals surface area contributed by atoms with Crippen LogP contribution in [0.5, 0.6) is 0 Å². The number of rotatable bonds is 1. The number of aliphatic hydroxyl groups is 2. The van der Waals surface area contributed by atoms with E-state index in [9.17, 15) is 0 Å². The summed E-state index contributed by atoms with van der Waals surface area (Å²) in [6.07, 6.45) is 0. The van der Waals surface area contributed by atoms with Gasteiger partial charge >= 0.3 is 0 Å². The molecule has 0 fully saturated rings. The predicted molar refractivity (Wildman–Crippen MR) is 35.9 cm³/mol. The van der Waals surface area contributed by atoms with Gasteiger partial charge in [0.1, 0.15) is 0 Å². The summed E-state index contributed by atoms with van der Waals surface area (Å²) in [6.45, 7) is -0.250. The van der Waals surface area contributed by atoms with Crippen LogP contribution in [0.2, 0.25) is 0 Å². The van der Waals surface area contributed by atoms with Gasteiger partial charge in [0.25, 0.3) is 0 Å². The minimum atomic E-state index is -0.125. The third-order valence-corrected chi connectivity index (χ3v) is 0.1000. The zero-order valence-corrected chi connectivity index (χ0v) is 8.07. The number of aliphatic hydroxyl groups excluding tert-OH is 2. The minimum absolute atomic E-state index is 0. The van der Waals surface area contributed by atoms with Gasteiger partial charge in [-0.15, -0.1) is 37.2 Å². The molecule has 2 N–H and O–H groups in total. The van der Waals surface area contributed by atoms with Gasteiger partial charge in [-0.2, -0.15) is 0 Å². The molecule has 0 atom stereocenters. The fourth-order valence-electron chi connectivity index (χ4n) is 0. The molecular weight excluding hydrogens is 263 g/mol. The molecule has 6 heteroatoms. The minimum Gasteiger partial charge on any atom is -0.394 e. The Balaban J connectivity index is -0.00000000750. The van der Waals surface area contributed by atoms with E-state index in [1.807, 2.05) is 0 Å². The van der Waals surface area contributed by atoms with Gasteiger partial charge in [0.05, 0.1) is 13.2 Å². The first-order valence-corrected chi connectivity index (χ1v) is 1.13. The van der Waals surface area contributed by atoms with E-state index in [4.69, 9.17) is 10.2 Å². The van der Waals surface area contributed by atoms with E-state index in [2.05, 4.69) is 0 Å². The quantitative estimate of drug-likeness (QED) is 0.671. The Bertz CT molecular complexity index is 17.2. The van der Waals surface area contributed by atoms with E-state index in [0.717, 1.165) is 0 Å². The Morgan fingerprint density at radius 3 is 0.875 bits per heavy atom. The van der Waals surface area contributed by atoms with Crippen LogP contribution in [0.3, 0.4) is 0 Å². The molecule has 0 aromatic carbocycles. The third-order valence-electron chi connectivity index (χ3n) is 0.1000. The Morgan fingerprint density at radius 1 is 0.750 bits per heavy atom. The van der Waals surface area contributed by atoms with Crippen molar-refractivity contribution < 1.29 is 29.7 Å². The van der Waals surface area contributed by atoms with Crippen molar-refractivity contribution in [3.05, 3.63) is 0 Å². The van der Waals surface area contributed by atoms with Crippen molar-refractivity contribution in [2.45, 2.75) is 0 Å². The first-order chi connectivity index (χ1) is 1.91. The Morgan fingerprint density at radius 2 is 0.875 bits per heavy atom. The van der Waals surface area contributed by atoms with Gasteiger partial charge in [0, 0.05) is 19.5 Å². The predicted octanol–water partition coefficient (Wildman–Crippen LogP) is 0.234. The van der Waals surface area contributed by atoms with Crippen LogP contribution in [-0.4, -0.2) is 23.4 Å². The Kier molecular flexibility index (Phi) is 170. The Labute approximate surface area is 80.0 Å². The smallest absolute Gasteiger partial charge is 0.0662 e. The summed E-state index contributed by atoms with van der Waals surface area (Å²) >= 11 is 0. The normalized spacial score (nSPS) is 3.75. The molecule has 0 saturated carbocycles. The summed E-state index contributed by atoms with van der Waals surface area (Å²) in [5, 5.41) is 15.2. The average Bonchev–Trinajstić information content (AvgIpc) is 1.37. The van der Waals surface area contributed by atoms with Gasteiger partial charge in [0.15, 0.2) is 0 Å². The summed E-state index contributed by atoms with van der Waals surface area (Å²) in [5.74, 6) is 0. The van der Waals surface area contributed by atoms with Gasteiger partial charge in [0.2, 0.25) is 0 Å². The molecule has 0 amide bonds. The van der Waals surface area contributed by atoms with Gasteiger partial charge in [-0.3, -0.25) is 0 Å². The molecule has 8 heavy (non-hydrogen) atoms. The van der Waals surface area contributed by atoms with Gasteiger partial charge in [-0.1, -0.05) is 0 Å². The van der Waals surface area contributed by atoms with Crippen LogP contribution in [0.4, 0.5) is 0 Å². The zero-order chi connectivity index (χ0) is 3.41. The van der Waals surface area contributed by atoms with Crippen molar-refractivity contribution in [3.8, 4) is 0 Å². The molecule has 0 aromatic rings. The molecule has 0 aliphatic rings. The van der Waals surface area contributed by atoms with Crippen LogP contribution in [0.25, 0.3) is 0 Å². The van der Waals surface area contributed by atoms with E-state index in [1.54, 1.807) is 0 Å². The zero-order valence-electron chi connectivity index (χ0n) is 3.89. The van der Waals surface area contributed by atoms with Crippen LogP contribution in [0.15, 0.2) is 0 Å². The second kappa shape index (κ2) is 39.7. The van der Waals surface area contributed by atoms with Gasteiger partial charge in [-0.25, -0.2) is 0 Å². The summed E-state index contributed by atoms with van der Waals surface area (Å²) in [4.78, 5) is 0. The molecule has 0 radical (unpaired) electrons. The fourth-order valence-corrected chi connectivity index (χ4v) is 0. The summed E-state index contributed by atoms with van der Waals surface area (Å²) in [5.41, 5.74) is 0. The standard InChI is InChI=1S/C2H6O2.3ClH.Ru/c3-1-2-4;;;;/h3-4H,1-2H2;3*1H;. The van der Waals surface area contributed by atoms with Crippen molar-refractivity contribution in [1.29, 1.82) is 0 Å². The number of hydrogen-bond donors (Lipinski definition) is 2. The van der Waals surface area contributed by atoms with Crippen LogP contribution in [-0.2, 0) is 19.5 Å². The molecule has 0 rings (SSSR count). The summed E-state index contributed by atoms with van der Waals surface area (Å²) < 4.78 is 0. The average molecular weight is 273 g/mol.